The summed E-state index contributed by atoms with van der Waals surface area (Å²) >= 11 is 3.69. The minimum atomic E-state index is 0.165. The first-order valence-electron chi connectivity index (χ1n) is 7.79. The molecule has 3 heteroatoms. The van der Waals surface area contributed by atoms with Crippen molar-refractivity contribution in [2.75, 3.05) is 13.1 Å². The summed E-state index contributed by atoms with van der Waals surface area (Å²) in [7, 11) is 0. The van der Waals surface area contributed by atoms with Crippen molar-refractivity contribution >= 4 is 15.9 Å². The third kappa shape index (κ3) is 4.57. The van der Waals surface area contributed by atoms with Crippen molar-refractivity contribution in [2.24, 2.45) is 11.7 Å². The average Bonchev–Trinajstić information content (AvgIpc) is 2.47. The number of likely N-dealkylation sites (N-methyl/N-ethyl adjacent to an activating group) is 1. The molecule has 0 amide bonds. The highest BCUT2D eigenvalue weighted by Gasteiger charge is 2.26. The highest BCUT2D eigenvalue weighted by atomic mass is 79.9. The van der Waals surface area contributed by atoms with E-state index in [0.29, 0.717) is 5.92 Å². The van der Waals surface area contributed by atoms with Gasteiger partial charge in [-0.1, -0.05) is 68.2 Å². The van der Waals surface area contributed by atoms with Crippen molar-refractivity contribution in [3.8, 4) is 0 Å². The van der Waals surface area contributed by atoms with Crippen molar-refractivity contribution in [1.82, 2.24) is 4.90 Å². The lowest BCUT2D eigenvalue weighted by Crippen LogP contribution is -2.42. The van der Waals surface area contributed by atoms with Gasteiger partial charge in [0.2, 0.25) is 0 Å². The molecule has 3 atom stereocenters. The molecule has 2 N–H and O–H groups in total. The lowest BCUT2D eigenvalue weighted by atomic mass is 9.95. The smallest absolute Gasteiger partial charge is 0.0510 e. The summed E-state index contributed by atoms with van der Waals surface area (Å²) in [6.45, 7) is 11.1. The van der Waals surface area contributed by atoms with Gasteiger partial charge in [-0.25, -0.2) is 0 Å². The van der Waals surface area contributed by atoms with E-state index in [2.05, 4.69) is 72.8 Å². The lowest BCUT2D eigenvalue weighted by molar-refractivity contribution is 0.153. The first-order chi connectivity index (χ1) is 9.54. The van der Waals surface area contributed by atoms with Crippen LogP contribution in [0, 0.1) is 5.92 Å². The molecule has 0 radical (unpaired) electrons. The van der Waals surface area contributed by atoms with E-state index < -0.39 is 0 Å². The second kappa shape index (κ2) is 8.81. The van der Waals surface area contributed by atoms with E-state index in [4.69, 9.17) is 5.73 Å². The van der Waals surface area contributed by atoms with Crippen LogP contribution in [0.2, 0.25) is 0 Å². The standard InChI is InChI=1S/C17H29BrN2/c1-5-13(4)12-20(7-3)17(16(19)6-2)14-10-8-9-11-15(14)18/h8-11,13,16-17H,5-7,12,19H2,1-4H3. The summed E-state index contributed by atoms with van der Waals surface area (Å²) in [6, 6.07) is 8.93. The van der Waals surface area contributed by atoms with Gasteiger partial charge in [0.05, 0.1) is 6.04 Å². The first kappa shape index (κ1) is 17.7. The van der Waals surface area contributed by atoms with Crippen molar-refractivity contribution in [3.05, 3.63) is 34.3 Å². The highest BCUT2D eigenvalue weighted by molar-refractivity contribution is 9.10. The van der Waals surface area contributed by atoms with Crippen molar-refractivity contribution in [2.45, 2.75) is 52.6 Å². The van der Waals surface area contributed by atoms with Crippen LogP contribution in [0.1, 0.15) is 52.1 Å². The maximum atomic E-state index is 6.45. The van der Waals surface area contributed by atoms with Crippen LogP contribution in [0.15, 0.2) is 28.7 Å². The number of hydrogen-bond acceptors (Lipinski definition) is 2. The Bertz CT molecular complexity index is 394. The molecule has 2 nitrogen and oxygen atoms in total. The van der Waals surface area contributed by atoms with Gasteiger partial charge in [0, 0.05) is 17.1 Å². The summed E-state index contributed by atoms with van der Waals surface area (Å²) in [6.07, 6.45) is 2.20. The van der Waals surface area contributed by atoms with Gasteiger partial charge in [-0.2, -0.15) is 0 Å². The molecule has 1 rings (SSSR count). The molecule has 0 aliphatic rings. The predicted molar refractivity (Wildman–Crippen MR) is 91.9 cm³/mol. The van der Waals surface area contributed by atoms with Crippen LogP contribution in [0.4, 0.5) is 0 Å². The van der Waals surface area contributed by atoms with Crippen LogP contribution < -0.4 is 5.73 Å². The maximum Gasteiger partial charge on any atom is 0.0510 e. The first-order valence-corrected chi connectivity index (χ1v) is 8.58. The van der Waals surface area contributed by atoms with Gasteiger partial charge in [-0.15, -0.1) is 0 Å². The summed E-state index contributed by atoms with van der Waals surface area (Å²) in [5.74, 6) is 0.698. The van der Waals surface area contributed by atoms with E-state index in [1.807, 2.05) is 0 Å². The Labute approximate surface area is 132 Å². The van der Waals surface area contributed by atoms with Gasteiger partial charge in [-0.05, 0) is 30.5 Å². The van der Waals surface area contributed by atoms with Crippen molar-refractivity contribution < 1.29 is 0 Å². The lowest BCUT2D eigenvalue weighted by Gasteiger charge is -2.37. The summed E-state index contributed by atoms with van der Waals surface area (Å²) in [4.78, 5) is 2.53. The third-order valence-electron chi connectivity index (χ3n) is 4.14. The minimum absolute atomic E-state index is 0.165. The van der Waals surface area contributed by atoms with Crippen LogP contribution >= 0.6 is 15.9 Å². The number of nitrogens with zero attached hydrogens (tertiary/aromatic N) is 1. The second-order valence-corrected chi connectivity index (χ2v) is 6.49. The number of halogens is 1. The van der Waals surface area contributed by atoms with Gasteiger partial charge >= 0.3 is 0 Å². The van der Waals surface area contributed by atoms with E-state index in [9.17, 15) is 0 Å². The van der Waals surface area contributed by atoms with Gasteiger partial charge in [-0.3, -0.25) is 4.90 Å². The zero-order chi connectivity index (χ0) is 15.1. The molecule has 0 saturated carbocycles. The fraction of sp³-hybridized carbons (Fsp3) is 0.647. The normalized spacial score (nSPS) is 16.1. The van der Waals surface area contributed by atoms with Crippen LogP contribution in [-0.4, -0.2) is 24.0 Å². The Morgan fingerprint density at radius 1 is 1.15 bits per heavy atom. The van der Waals surface area contributed by atoms with Crippen LogP contribution in [0.5, 0.6) is 0 Å². The van der Waals surface area contributed by atoms with E-state index in [1.54, 1.807) is 0 Å². The molecule has 20 heavy (non-hydrogen) atoms. The van der Waals surface area contributed by atoms with Crippen molar-refractivity contribution in [3.63, 3.8) is 0 Å². The van der Waals surface area contributed by atoms with E-state index in [-0.39, 0.29) is 12.1 Å². The fourth-order valence-corrected chi connectivity index (χ4v) is 3.12. The molecule has 0 saturated heterocycles. The maximum absolute atomic E-state index is 6.45. The zero-order valence-corrected chi connectivity index (χ0v) is 14.9. The quantitative estimate of drug-likeness (QED) is 0.749. The average molecular weight is 341 g/mol. The van der Waals surface area contributed by atoms with Crippen molar-refractivity contribution in [1.29, 1.82) is 0 Å². The molecule has 0 heterocycles. The SMILES string of the molecule is CCC(C)CN(CC)C(c1ccccc1Br)C(N)CC. The Balaban J connectivity index is 3.07. The number of rotatable bonds is 8. The minimum Gasteiger partial charge on any atom is -0.326 e. The van der Waals surface area contributed by atoms with E-state index in [1.165, 1.54) is 12.0 Å². The Morgan fingerprint density at radius 3 is 2.30 bits per heavy atom. The Kier molecular flexibility index (Phi) is 7.78. The molecule has 0 fully saturated rings. The molecule has 114 valence electrons. The molecule has 3 unspecified atom stereocenters. The molecule has 0 spiro atoms. The number of hydrogen-bond donors (Lipinski definition) is 1. The zero-order valence-electron chi connectivity index (χ0n) is 13.3. The Morgan fingerprint density at radius 2 is 1.80 bits per heavy atom. The molecule has 0 bridgehead atoms. The number of nitrogens with two attached hydrogens (primary N) is 1. The topological polar surface area (TPSA) is 29.3 Å². The van der Waals surface area contributed by atoms with Gasteiger partial charge in [0.1, 0.15) is 0 Å². The van der Waals surface area contributed by atoms with Crippen LogP contribution in [0.3, 0.4) is 0 Å². The summed E-state index contributed by atoms with van der Waals surface area (Å²) in [5, 5.41) is 0. The monoisotopic (exact) mass is 340 g/mol. The van der Waals surface area contributed by atoms with Crippen LogP contribution in [0.25, 0.3) is 0 Å². The molecule has 0 aromatic heterocycles. The predicted octanol–water partition coefficient (Wildman–Crippen LogP) is 4.60. The van der Waals surface area contributed by atoms with Gasteiger partial charge < -0.3 is 5.73 Å². The second-order valence-electron chi connectivity index (χ2n) is 5.64. The number of benzene rings is 1. The molecule has 0 aliphatic heterocycles. The fourth-order valence-electron chi connectivity index (χ4n) is 2.61. The molecule has 0 aliphatic carbocycles. The van der Waals surface area contributed by atoms with Crippen LogP contribution in [-0.2, 0) is 0 Å². The van der Waals surface area contributed by atoms with Gasteiger partial charge in [0.15, 0.2) is 0 Å². The molecular formula is C17H29BrN2. The molecule has 1 aromatic rings. The van der Waals surface area contributed by atoms with E-state index >= 15 is 0 Å². The summed E-state index contributed by atoms with van der Waals surface area (Å²) in [5.41, 5.74) is 7.76. The van der Waals surface area contributed by atoms with E-state index in [0.717, 1.165) is 24.0 Å². The summed E-state index contributed by atoms with van der Waals surface area (Å²) < 4.78 is 1.16. The Hall–Kier alpha value is -0.380. The third-order valence-corrected chi connectivity index (χ3v) is 4.87. The highest BCUT2D eigenvalue weighted by Crippen LogP contribution is 2.31. The molecule has 1 aromatic carbocycles. The largest absolute Gasteiger partial charge is 0.326 e. The molecular weight excluding hydrogens is 312 g/mol. The van der Waals surface area contributed by atoms with Gasteiger partial charge in [0.25, 0.3) is 0 Å².